The summed E-state index contributed by atoms with van der Waals surface area (Å²) in [4.78, 5) is 8.86. The van der Waals surface area contributed by atoms with Gasteiger partial charge in [-0.25, -0.2) is 9.97 Å². The van der Waals surface area contributed by atoms with Crippen LogP contribution in [-0.2, 0) is 11.5 Å². The smallest absolute Gasteiger partial charge is 0.140 e. The molecule has 1 N–H and O–H groups in total. The van der Waals surface area contributed by atoms with Gasteiger partial charge in [0.05, 0.1) is 5.75 Å². The summed E-state index contributed by atoms with van der Waals surface area (Å²) in [6.07, 6.45) is 0. The molecule has 0 amide bonds. The molecule has 2 aromatic rings. The van der Waals surface area contributed by atoms with Gasteiger partial charge in [0.1, 0.15) is 11.6 Å². The fourth-order valence-electron chi connectivity index (χ4n) is 1.69. The van der Waals surface area contributed by atoms with Crippen molar-refractivity contribution in [1.82, 2.24) is 9.97 Å². The topological polar surface area (TPSA) is 37.8 Å². The van der Waals surface area contributed by atoms with Gasteiger partial charge in [-0.2, -0.15) is 0 Å². The molecule has 0 saturated carbocycles. The SMILES string of the molecule is CNc1cc(C)nc(CSCc2ccccc2Cl)n1. The van der Waals surface area contributed by atoms with E-state index in [2.05, 4.69) is 15.3 Å². The van der Waals surface area contributed by atoms with Crippen molar-refractivity contribution in [3.63, 3.8) is 0 Å². The standard InChI is InChI=1S/C14H16ClN3S/c1-10-7-13(16-2)18-14(17-10)9-19-8-11-5-3-4-6-12(11)15/h3-7H,8-9H2,1-2H3,(H,16,17,18). The van der Waals surface area contributed by atoms with E-state index in [9.17, 15) is 0 Å². The van der Waals surface area contributed by atoms with E-state index in [0.717, 1.165) is 39.4 Å². The lowest BCUT2D eigenvalue weighted by Gasteiger charge is -2.06. The van der Waals surface area contributed by atoms with Crippen molar-refractivity contribution in [3.05, 3.63) is 52.4 Å². The molecule has 100 valence electrons. The molecule has 1 aromatic carbocycles. The van der Waals surface area contributed by atoms with E-state index in [0.29, 0.717) is 0 Å². The third kappa shape index (κ3) is 4.11. The molecule has 0 saturated heterocycles. The zero-order chi connectivity index (χ0) is 13.7. The first-order valence-corrected chi connectivity index (χ1v) is 7.56. The summed E-state index contributed by atoms with van der Waals surface area (Å²) in [6.45, 7) is 1.98. The maximum absolute atomic E-state index is 6.12. The average Bonchev–Trinajstić information content (AvgIpc) is 2.40. The number of rotatable bonds is 5. The first-order chi connectivity index (χ1) is 9.19. The van der Waals surface area contributed by atoms with Gasteiger partial charge in [-0.05, 0) is 18.6 Å². The summed E-state index contributed by atoms with van der Waals surface area (Å²) in [7, 11) is 1.86. The van der Waals surface area contributed by atoms with E-state index in [1.807, 2.05) is 44.3 Å². The molecular formula is C14H16ClN3S. The Morgan fingerprint density at radius 1 is 1.21 bits per heavy atom. The number of thioether (sulfide) groups is 1. The van der Waals surface area contributed by atoms with Crippen molar-refractivity contribution >= 4 is 29.2 Å². The number of halogens is 1. The van der Waals surface area contributed by atoms with Crippen molar-refractivity contribution in [2.24, 2.45) is 0 Å². The summed E-state index contributed by atoms with van der Waals surface area (Å²) < 4.78 is 0. The lowest BCUT2D eigenvalue weighted by atomic mass is 10.2. The normalized spacial score (nSPS) is 10.5. The molecule has 0 bridgehead atoms. The Morgan fingerprint density at radius 3 is 2.74 bits per heavy atom. The number of anilines is 1. The molecule has 3 nitrogen and oxygen atoms in total. The van der Waals surface area contributed by atoms with Gasteiger partial charge >= 0.3 is 0 Å². The van der Waals surface area contributed by atoms with Gasteiger partial charge in [0.2, 0.25) is 0 Å². The van der Waals surface area contributed by atoms with Crippen LogP contribution in [0.25, 0.3) is 0 Å². The van der Waals surface area contributed by atoms with Crippen LogP contribution in [0.4, 0.5) is 5.82 Å². The summed E-state index contributed by atoms with van der Waals surface area (Å²) >= 11 is 7.89. The molecule has 0 atom stereocenters. The number of hydrogen-bond donors (Lipinski definition) is 1. The highest BCUT2D eigenvalue weighted by Gasteiger charge is 2.03. The Morgan fingerprint density at radius 2 is 2.00 bits per heavy atom. The number of aromatic nitrogens is 2. The molecule has 0 unspecified atom stereocenters. The third-order valence-corrected chi connectivity index (χ3v) is 3.95. The molecule has 0 aliphatic rings. The van der Waals surface area contributed by atoms with Crippen molar-refractivity contribution in [2.45, 2.75) is 18.4 Å². The predicted octanol–water partition coefficient (Wildman–Crippen LogP) is 3.91. The van der Waals surface area contributed by atoms with E-state index >= 15 is 0 Å². The Hall–Kier alpha value is -1.26. The van der Waals surface area contributed by atoms with Crippen LogP contribution in [0, 0.1) is 6.92 Å². The van der Waals surface area contributed by atoms with Gasteiger partial charge in [-0.1, -0.05) is 29.8 Å². The van der Waals surface area contributed by atoms with Gasteiger partial charge in [0, 0.05) is 29.6 Å². The Balaban J connectivity index is 1.96. The van der Waals surface area contributed by atoms with Crippen LogP contribution in [0.5, 0.6) is 0 Å². The summed E-state index contributed by atoms with van der Waals surface area (Å²) in [5, 5.41) is 3.86. The molecule has 1 aromatic heterocycles. The molecule has 19 heavy (non-hydrogen) atoms. The van der Waals surface area contributed by atoms with Gasteiger partial charge in [-0.3, -0.25) is 0 Å². The van der Waals surface area contributed by atoms with Crippen LogP contribution in [-0.4, -0.2) is 17.0 Å². The summed E-state index contributed by atoms with van der Waals surface area (Å²) in [5.41, 5.74) is 2.13. The zero-order valence-corrected chi connectivity index (χ0v) is 12.6. The molecule has 0 spiro atoms. The first-order valence-electron chi connectivity index (χ1n) is 6.02. The van der Waals surface area contributed by atoms with Crippen molar-refractivity contribution in [1.29, 1.82) is 0 Å². The lowest BCUT2D eigenvalue weighted by molar-refractivity contribution is 0.996. The molecule has 0 radical (unpaired) electrons. The quantitative estimate of drug-likeness (QED) is 0.907. The van der Waals surface area contributed by atoms with E-state index in [1.165, 1.54) is 0 Å². The highest BCUT2D eigenvalue weighted by molar-refractivity contribution is 7.97. The number of nitrogens with one attached hydrogen (secondary N) is 1. The van der Waals surface area contributed by atoms with E-state index in [-0.39, 0.29) is 0 Å². The molecule has 0 fully saturated rings. The van der Waals surface area contributed by atoms with E-state index in [4.69, 9.17) is 11.6 Å². The average molecular weight is 294 g/mol. The van der Waals surface area contributed by atoms with Crippen LogP contribution in [0.15, 0.2) is 30.3 Å². The minimum absolute atomic E-state index is 0.779. The molecule has 1 heterocycles. The highest BCUT2D eigenvalue weighted by atomic mass is 35.5. The maximum atomic E-state index is 6.12. The van der Waals surface area contributed by atoms with E-state index < -0.39 is 0 Å². The largest absolute Gasteiger partial charge is 0.373 e. The summed E-state index contributed by atoms with van der Waals surface area (Å²) in [6, 6.07) is 9.84. The van der Waals surface area contributed by atoms with Crippen molar-refractivity contribution < 1.29 is 0 Å². The molecule has 0 aliphatic carbocycles. The van der Waals surface area contributed by atoms with Crippen LogP contribution < -0.4 is 5.32 Å². The fraction of sp³-hybridized carbons (Fsp3) is 0.286. The Kier molecular flexibility index (Phi) is 5.05. The molecular weight excluding hydrogens is 278 g/mol. The fourth-order valence-corrected chi connectivity index (χ4v) is 2.86. The highest BCUT2D eigenvalue weighted by Crippen LogP contribution is 2.22. The zero-order valence-electron chi connectivity index (χ0n) is 11.0. The Bertz CT molecular complexity index is 560. The number of hydrogen-bond acceptors (Lipinski definition) is 4. The van der Waals surface area contributed by atoms with Gasteiger partial charge in [0.25, 0.3) is 0 Å². The lowest BCUT2D eigenvalue weighted by Crippen LogP contribution is -2.00. The Labute approximate surface area is 122 Å². The monoisotopic (exact) mass is 293 g/mol. The molecule has 2 rings (SSSR count). The van der Waals surface area contributed by atoms with Gasteiger partial charge in [0.15, 0.2) is 0 Å². The van der Waals surface area contributed by atoms with Gasteiger partial charge in [-0.15, -0.1) is 11.8 Å². The van der Waals surface area contributed by atoms with Crippen LogP contribution in [0.3, 0.4) is 0 Å². The number of aryl methyl sites for hydroxylation is 1. The second kappa shape index (κ2) is 6.78. The second-order valence-electron chi connectivity index (χ2n) is 4.15. The van der Waals surface area contributed by atoms with Gasteiger partial charge < -0.3 is 5.32 Å². The molecule has 5 heteroatoms. The van der Waals surface area contributed by atoms with Crippen LogP contribution in [0.1, 0.15) is 17.1 Å². The molecule has 0 aliphatic heterocycles. The van der Waals surface area contributed by atoms with E-state index in [1.54, 1.807) is 11.8 Å². The third-order valence-electron chi connectivity index (χ3n) is 2.60. The van der Waals surface area contributed by atoms with Crippen molar-refractivity contribution in [3.8, 4) is 0 Å². The predicted molar refractivity (Wildman–Crippen MR) is 82.8 cm³/mol. The number of nitrogens with zero attached hydrogens (tertiary/aromatic N) is 2. The first kappa shape index (κ1) is 14.2. The van der Waals surface area contributed by atoms with Crippen molar-refractivity contribution in [2.75, 3.05) is 12.4 Å². The number of benzene rings is 1. The summed E-state index contributed by atoms with van der Waals surface area (Å²) in [5.74, 6) is 3.36. The minimum atomic E-state index is 0.779. The van der Waals surface area contributed by atoms with Crippen LogP contribution >= 0.6 is 23.4 Å². The second-order valence-corrected chi connectivity index (χ2v) is 5.54. The van der Waals surface area contributed by atoms with Crippen LogP contribution in [0.2, 0.25) is 5.02 Å². The minimum Gasteiger partial charge on any atom is -0.373 e. The maximum Gasteiger partial charge on any atom is 0.140 e.